The molecule has 122 valence electrons. The van der Waals surface area contributed by atoms with Gasteiger partial charge in [0.15, 0.2) is 0 Å². The largest absolute Gasteiger partial charge is 0.352 e. The molecule has 0 unspecified atom stereocenters. The molecule has 1 aromatic rings. The molecular formula is C18H28N2O2. The minimum absolute atomic E-state index is 0.0552. The zero-order valence-corrected chi connectivity index (χ0v) is 13.8. The van der Waals surface area contributed by atoms with Gasteiger partial charge in [-0.05, 0) is 30.7 Å². The van der Waals surface area contributed by atoms with Crippen LogP contribution in [0.25, 0.3) is 0 Å². The zero-order valence-electron chi connectivity index (χ0n) is 13.8. The fraction of sp³-hybridized carbons (Fsp3) is 0.556. The second kappa shape index (κ2) is 10.8. The van der Waals surface area contributed by atoms with Crippen molar-refractivity contribution in [3.8, 4) is 0 Å². The Kier molecular flexibility index (Phi) is 8.96. The van der Waals surface area contributed by atoms with Crippen molar-refractivity contribution in [3.05, 3.63) is 29.8 Å². The van der Waals surface area contributed by atoms with Crippen LogP contribution in [0.5, 0.6) is 0 Å². The lowest BCUT2D eigenvalue weighted by molar-refractivity contribution is -0.114. The van der Waals surface area contributed by atoms with E-state index in [1.54, 1.807) is 24.3 Å². The molecule has 22 heavy (non-hydrogen) atoms. The first-order valence-corrected chi connectivity index (χ1v) is 8.29. The van der Waals surface area contributed by atoms with Crippen LogP contribution in [0.3, 0.4) is 0 Å². The van der Waals surface area contributed by atoms with Crippen molar-refractivity contribution >= 4 is 17.5 Å². The molecule has 0 spiro atoms. The average Bonchev–Trinajstić information content (AvgIpc) is 2.50. The molecular weight excluding hydrogens is 276 g/mol. The predicted octanol–water partition coefficient (Wildman–Crippen LogP) is 4.13. The summed E-state index contributed by atoms with van der Waals surface area (Å²) in [5, 5.41) is 5.62. The molecule has 0 bridgehead atoms. The summed E-state index contributed by atoms with van der Waals surface area (Å²) in [4.78, 5) is 22.9. The van der Waals surface area contributed by atoms with Crippen LogP contribution < -0.4 is 10.6 Å². The van der Waals surface area contributed by atoms with E-state index in [4.69, 9.17) is 0 Å². The van der Waals surface area contributed by atoms with Crippen LogP contribution in [-0.2, 0) is 4.79 Å². The molecule has 4 nitrogen and oxygen atoms in total. The summed E-state index contributed by atoms with van der Waals surface area (Å²) in [7, 11) is 0. The molecule has 1 rings (SSSR count). The highest BCUT2D eigenvalue weighted by molar-refractivity contribution is 5.95. The highest BCUT2D eigenvalue weighted by Gasteiger charge is 2.04. The van der Waals surface area contributed by atoms with Crippen LogP contribution in [0, 0.1) is 0 Å². The topological polar surface area (TPSA) is 58.2 Å². The Morgan fingerprint density at radius 3 is 2.09 bits per heavy atom. The summed E-state index contributed by atoms with van der Waals surface area (Å²) < 4.78 is 0. The molecule has 0 atom stereocenters. The van der Waals surface area contributed by atoms with Crippen molar-refractivity contribution < 1.29 is 9.59 Å². The molecule has 0 aromatic heterocycles. The van der Waals surface area contributed by atoms with Crippen molar-refractivity contribution in [2.24, 2.45) is 0 Å². The third-order valence-corrected chi connectivity index (χ3v) is 3.53. The summed E-state index contributed by atoms with van der Waals surface area (Å²) in [5.41, 5.74) is 1.33. The predicted molar refractivity (Wildman–Crippen MR) is 91.1 cm³/mol. The van der Waals surface area contributed by atoms with E-state index in [-0.39, 0.29) is 11.8 Å². The average molecular weight is 304 g/mol. The molecule has 0 aliphatic rings. The fourth-order valence-corrected chi connectivity index (χ4v) is 2.29. The molecule has 0 radical (unpaired) electrons. The Bertz CT molecular complexity index is 455. The Morgan fingerprint density at radius 1 is 0.909 bits per heavy atom. The van der Waals surface area contributed by atoms with E-state index < -0.39 is 0 Å². The molecule has 2 amide bonds. The van der Waals surface area contributed by atoms with Gasteiger partial charge in [0, 0.05) is 24.7 Å². The number of nitrogens with one attached hydrogen (secondary N) is 2. The normalized spacial score (nSPS) is 10.3. The molecule has 0 aliphatic carbocycles. The molecule has 0 saturated heterocycles. The van der Waals surface area contributed by atoms with Gasteiger partial charge in [-0.3, -0.25) is 9.59 Å². The maximum Gasteiger partial charge on any atom is 0.251 e. The number of amides is 2. The smallest absolute Gasteiger partial charge is 0.251 e. The van der Waals surface area contributed by atoms with E-state index in [2.05, 4.69) is 17.6 Å². The number of hydrogen-bond acceptors (Lipinski definition) is 2. The van der Waals surface area contributed by atoms with Crippen LogP contribution >= 0.6 is 0 Å². The molecule has 1 aromatic carbocycles. The van der Waals surface area contributed by atoms with Crippen LogP contribution in [0.4, 0.5) is 5.69 Å². The fourth-order valence-electron chi connectivity index (χ4n) is 2.29. The molecule has 4 heteroatoms. The summed E-state index contributed by atoms with van der Waals surface area (Å²) >= 11 is 0. The Hall–Kier alpha value is -1.84. The van der Waals surface area contributed by atoms with E-state index in [1.165, 1.54) is 45.4 Å². The number of unbranched alkanes of at least 4 members (excludes halogenated alkanes) is 6. The number of carbonyl (C=O) groups excluding carboxylic acids is 2. The zero-order chi connectivity index (χ0) is 16.2. The molecule has 0 fully saturated rings. The van der Waals surface area contributed by atoms with Gasteiger partial charge in [0.25, 0.3) is 5.91 Å². The third-order valence-electron chi connectivity index (χ3n) is 3.53. The second-order valence-corrected chi connectivity index (χ2v) is 5.64. The summed E-state index contributed by atoms with van der Waals surface area (Å²) in [6.45, 7) is 4.40. The maximum absolute atomic E-state index is 12.0. The van der Waals surface area contributed by atoms with E-state index in [0.717, 1.165) is 13.0 Å². The molecule has 2 N–H and O–H groups in total. The van der Waals surface area contributed by atoms with Crippen LogP contribution in [0.1, 0.15) is 69.2 Å². The standard InChI is InChI=1S/C18H28N2O2/c1-3-4-5-6-7-8-9-14-19-18(22)16-10-12-17(13-11-16)20-15(2)21/h10-13H,3-9,14H2,1-2H3,(H,19,22)(H,20,21). The summed E-state index contributed by atoms with van der Waals surface area (Å²) in [6, 6.07) is 6.94. The maximum atomic E-state index is 12.0. The van der Waals surface area contributed by atoms with Gasteiger partial charge in [-0.2, -0.15) is 0 Å². The van der Waals surface area contributed by atoms with Crippen molar-refractivity contribution in [2.45, 2.75) is 58.8 Å². The van der Waals surface area contributed by atoms with Gasteiger partial charge in [-0.25, -0.2) is 0 Å². The number of hydrogen-bond donors (Lipinski definition) is 2. The van der Waals surface area contributed by atoms with Gasteiger partial charge in [0.05, 0.1) is 0 Å². The van der Waals surface area contributed by atoms with E-state index in [0.29, 0.717) is 11.3 Å². The molecule has 0 saturated carbocycles. The van der Waals surface area contributed by atoms with E-state index >= 15 is 0 Å². The number of carbonyl (C=O) groups is 2. The Labute approximate surface area is 133 Å². The van der Waals surface area contributed by atoms with Gasteiger partial charge in [0.2, 0.25) is 5.91 Å². The minimum atomic E-state index is -0.115. The lowest BCUT2D eigenvalue weighted by Crippen LogP contribution is -2.24. The highest BCUT2D eigenvalue weighted by atomic mass is 16.2. The van der Waals surface area contributed by atoms with Gasteiger partial charge in [-0.15, -0.1) is 0 Å². The number of rotatable bonds is 10. The van der Waals surface area contributed by atoms with Crippen molar-refractivity contribution in [3.63, 3.8) is 0 Å². The van der Waals surface area contributed by atoms with Crippen molar-refractivity contribution in [1.29, 1.82) is 0 Å². The van der Waals surface area contributed by atoms with Gasteiger partial charge in [-0.1, -0.05) is 45.4 Å². The van der Waals surface area contributed by atoms with Gasteiger partial charge < -0.3 is 10.6 Å². The first-order chi connectivity index (χ1) is 10.6. The number of benzene rings is 1. The second-order valence-electron chi connectivity index (χ2n) is 5.64. The molecule has 0 aliphatic heterocycles. The van der Waals surface area contributed by atoms with Gasteiger partial charge in [0.1, 0.15) is 0 Å². The third kappa shape index (κ3) is 7.81. The van der Waals surface area contributed by atoms with Gasteiger partial charge >= 0.3 is 0 Å². The Balaban J connectivity index is 2.18. The van der Waals surface area contributed by atoms with Crippen LogP contribution in [0.2, 0.25) is 0 Å². The lowest BCUT2D eigenvalue weighted by atomic mass is 10.1. The van der Waals surface area contributed by atoms with Crippen LogP contribution in [0.15, 0.2) is 24.3 Å². The first-order valence-electron chi connectivity index (χ1n) is 8.29. The van der Waals surface area contributed by atoms with Crippen LogP contribution in [-0.4, -0.2) is 18.4 Å². The SMILES string of the molecule is CCCCCCCCCNC(=O)c1ccc(NC(C)=O)cc1. The summed E-state index contributed by atoms with van der Waals surface area (Å²) in [6.07, 6.45) is 8.67. The van der Waals surface area contributed by atoms with E-state index in [1.807, 2.05) is 0 Å². The quantitative estimate of drug-likeness (QED) is 0.639. The Morgan fingerprint density at radius 2 is 1.50 bits per heavy atom. The minimum Gasteiger partial charge on any atom is -0.352 e. The lowest BCUT2D eigenvalue weighted by Gasteiger charge is -2.07. The van der Waals surface area contributed by atoms with Crippen molar-refractivity contribution in [2.75, 3.05) is 11.9 Å². The molecule has 0 heterocycles. The highest BCUT2D eigenvalue weighted by Crippen LogP contribution is 2.10. The number of anilines is 1. The van der Waals surface area contributed by atoms with E-state index in [9.17, 15) is 9.59 Å². The summed E-state index contributed by atoms with van der Waals surface area (Å²) in [5.74, 6) is -0.170. The monoisotopic (exact) mass is 304 g/mol. The first kappa shape index (κ1) is 18.2. The van der Waals surface area contributed by atoms with Crippen molar-refractivity contribution in [1.82, 2.24) is 5.32 Å².